The first-order valence-electron chi connectivity index (χ1n) is 6.87. The normalized spacial score (nSPS) is 18.7. The highest BCUT2D eigenvalue weighted by molar-refractivity contribution is 7.07. The van der Waals surface area contributed by atoms with Crippen molar-refractivity contribution >= 4 is 11.3 Å². The summed E-state index contributed by atoms with van der Waals surface area (Å²) in [4.78, 5) is 3.70. The van der Waals surface area contributed by atoms with Crippen LogP contribution in [-0.2, 0) is 25.7 Å². The zero-order chi connectivity index (χ0) is 14.9. The summed E-state index contributed by atoms with van der Waals surface area (Å²) in [7, 11) is 0. The maximum Gasteiger partial charge on any atom is 0.434 e. The van der Waals surface area contributed by atoms with Crippen LogP contribution in [0.2, 0.25) is 0 Å². The molecule has 2 aromatic heterocycles. The number of thiophene rings is 1. The molecule has 0 spiro atoms. The van der Waals surface area contributed by atoms with Crippen molar-refractivity contribution < 1.29 is 13.2 Å². The van der Waals surface area contributed by atoms with Crippen LogP contribution in [0.15, 0.2) is 23.0 Å². The van der Waals surface area contributed by atoms with Crippen LogP contribution in [-0.4, -0.2) is 16.1 Å². The molecule has 0 bridgehead atoms. The van der Waals surface area contributed by atoms with E-state index >= 15 is 0 Å². The quantitative estimate of drug-likeness (QED) is 0.938. The zero-order valence-corrected chi connectivity index (χ0v) is 12.2. The summed E-state index contributed by atoms with van der Waals surface area (Å²) in [5.74, 6) is 0.905. The van der Waals surface area contributed by atoms with Gasteiger partial charge in [0.15, 0.2) is 5.69 Å². The molecule has 2 aromatic rings. The minimum Gasteiger partial charge on any atom is -0.334 e. The molecule has 0 fully saturated rings. The molecule has 0 saturated heterocycles. The third-order valence-electron chi connectivity index (χ3n) is 3.72. The van der Waals surface area contributed by atoms with E-state index in [9.17, 15) is 13.2 Å². The number of fused-ring (bicyclic) bond motifs is 1. The van der Waals surface area contributed by atoms with Crippen molar-refractivity contribution in [3.63, 3.8) is 0 Å². The van der Waals surface area contributed by atoms with Gasteiger partial charge in [0.2, 0.25) is 0 Å². The molecule has 1 N–H and O–H groups in total. The Kier molecular flexibility index (Phi) is 4.03. The Morgan fingerprint density at radius 3 is 3.00 bits per heavy atom. The van der Waals surface area contributed by atoms with E-state index in [4.69, 9.17) is 0 Å². The molecule has 0 amide bonds. The molecule has 0 saturated carbocycles. The number of aromatic nitrogens is 2. The molecule has 3 nitrogen and oxygen atoms in total. The van der Waals surface area contributed by atoms with Gasteiger partial charge in [0.1, 0.15) is 5.82 Å². The van der Waals surface area contributed by atoms with Crippen molar-refractivity contribution in [1.82, 2.24) is 14.9 Å². The SMILES string of the molecule is FC(F)(F)c1cn2c(n1)CC[C@@H](CNCc1ccsc1)C2. The van der Waals surface area contributed by atoms with Gasteiger partial charge >= 0.3 is 6.18 Å². The third-order valence-corrected chi connectivity index (χ3v) is 4.45. The van der Waals surface area contributed by atoms with Crippen LogP contribution in [0.4, 0.5) is 13.2 Å². The number of hydrogen-bond acceptors (Lipinski definition) is 3. The van der Waals surface area contributed by atoms with Crippen LogP contribution in [0, 0.1) is 5.92 Å². The second-order valence-corrected chi connectivity index (χ2v) is 6.14. The fourth-order valence-electron chi connectivity index (χ4n) is 2.63. The highest BCUT2D eigenvalue weighted by Gasteiger charge is 2.35. The van der Waals surface area contributed by atoms with Crippen LogP contribution in [0.5, 0.6) is 0 Å². The minimum atomic E-state index is -4.35. The highest BCUT2D eigenvalue weighted by atomic mass is 32.1. The summed E-state index contributed by atoms with van der Waals surface area (Å²) >= 11 is 1.66. The van der Waals surface area contributed by atoms with Crippen molar-refractivity contribution in [2.45, 2.75) is 32.1 Å². The largest absolute Gasteiger partial charge is 0.434 e. The molecule has 1 atom stereocenters. The molecular weight excluding hydrogens is 299 g/mol. The first kappa shape index (κ1) is 14.6. The van der Waals surface area contributed by atoms with Gasteiger partial charge in [0.05, 0.1) is 0 Å². The Hall–Kier alpha value is -1.34. The van der Waals surface area contributed by atoms with Gasteiger partial charge < -0.3 is 9.88 Å². The molecule has 0 radical (unpaired) electrons. The number of alkyl halides is 3. The van der Waals surface area contributed by atoms with E-state index in [1.165, 1.54) is 5.56 Å². The lowest BCUT2D eigenvalue weighted by Crippen LogP contribution is -2.29. The molecule has 0 unspecified atom stereocenters. The van der Waals surface area contributed by atoms with Crippen molar-refractivity contribution in [1.29, 1.82) is 0 Å². The summed E-state index contributed by atoms with van der Waals surface area (Å²) in [5.41, 5.74) is 0.475. The van der Waals surface area contributed by atoms with E-state index < -0.39 is 11.9 Å². The van der Waals surface area contributed by atoms with Crippen LogP contribution >= 0.6 is 11.3 Å². The summed E-state index contributed by atoms with van der Waals surface area (Å²) in [5, 5.41) is 7.51. The molecular formula is C14H16F3N3S. The lowest BCUT2D eigenvalue weighted by Gasteiger charge is -2.23. The Labute approximate surface area is 124 Å². The maximum absolute atomic E-state index is 12.6. The van der Waals surface area contributed by atoms with Gasteiger partial charge in [-0.25, -0.2) is 4.98 Å². The van der Waals surface area contributed by atoms with Crippen molar-refractivity contribution in [3.05, 3.63) is 40.1 Å². The van der Waals surface area contributed by atoms with E-state index in [1.807, 2.05) is 5.38 Å². The second-order valence-electron chi connectivity index (χ2n) is 5.36. The predicted octanol–water partition coefficient (Wildman–Crippen LogP) is 3.32. The number of imidazole rings is 1. The van der Waals surface area contributed by atoms with E-state index in [-0.39, 0.29) is 0 Å². The summed E-state index contributed by atoms with van der Waals surface area (Å²) in [6.45, 7) is 2.23. The molecule has 0 aromatic carbocycles. The number of nitrogens with one attached hydrogen (secondary N) is 1. The van der Waals surface area contributed by atoms with Crippen LogP contribution in [0.25, 0.3) is 0 Å². The highest BCUT2D eigenvalue weighted by Crippen LogP contribution is 2.30. The zero-order valence-electron chi connectivity index (χ0n) is 11.4. The standard InChI is InChI=1S/C14H16F3N3S/c15-14(16,17)12-8-20-7-10(1-2-13(20)19-12)5-18-6-11-3-4-21-9-11/h3-4,8-10,18H,1-2,5-7H2/t10-/m0/s1. The average Bonchev–Trinajstić information content (AvgIpc) is 3.05. The molecule has 1 aliphatic rings. The van der Waals surface area contributed by atoms with Crippen LogP contribution in [0.1, 0.15) is 23.5 Å². The van der Waals surface area contributed by atoms with Crippen molar-refractivity contribution in [3.8, 4) is 0 Å². The van der Waals surface area contributed by atoms with Gasteiger partial charge in [0, 0.05) is 25.7 Å². The lowest BCUT2D eigenvalue weighted by atomic mass is 9.99. The molecule has 7 heteroatoms. The molecule has 3 heterocycles. The van der Waals surface area contributed by atoms with Gasteiger partial charge in [-0.05, 0) is 41.3 Å². The van der Waals surface area contributed by atoms with Gasteiger partial charge in [0.25, 0.3) is 0 Å². The van der Waals surface area contributed by atoms with E-state index in [0.29, 0.717) is 24.7 Å². The van der Waals surface area contributed by atoms with Gasteiger partial charge in [-0.2, -0.15) is 24.5 Å². The summed E-state index contributed by atoms with van der Waals surface area (Å²) < 4.78 is 39.6. The van der Waals surface area contributed by atoms with Crippen LogP contribution in [0.3, 0.4) is 0 Å². The Morgan fingerprint density at radius 2 is 2.29 bits per heavy atom. The smallest absolute Gasteiger partial charge is 0.334 e. The first-order valence-corrected chi connectivity index (χ1v) is 7.81. The minimum absolute atomic E-state index is 0.353. The van der Waals surface area contributed by atoms with Gasteiger partial charge in [-0.15, -0.1) is 0 Å². The topological polar surface area (TPSA) is 29.9 Å². The predicted molar refractivity (Wildman–Crippen MR) is 75.1 cm³/mol. The van der Waals surface area contributed by atoms with E-state index in [0.717, 1.165) is 25.7 Å². The number of halogens is 3. The number of rotatable bonds is 4. The Morgan fingerprint density at radius 1 is 1.43 bits per heavy atom. The Balaban J connectivity index is 1.56. The second kappa shape index (κ2) is 5.81. The average molecular weight is 315 g/mol. The molecule has 21 heavy (non-hydrogen) atoms. The monoisotopic (exact) mass is 315 g/mol. The summed E-state index contributed by atoms with van der Waals surface area (Å²) in [6, 6.07) is 2.07. The Bertz CT molecular complexity index is 589. The molecule has 114 valence electrons. The molecule has 1 aliphatic heterocycles. The van der Waals surface area contributed by atoms with E-state index in [1.54, 1.807) is 15.9 Å². The van der Waals surface area contributed by atoms with Crippen LogP contribution < -0.4 is 5.32 Å². The van der Waals surface area contributed by atoms with Crippen molar-refractivity contribution in [2.75, 3.05) is 6.54 Å². The van der Waals surface area contributed by atoms with Gasteiger partial charge in [-0.1, -0.05) is 0 Å². The summed E-state index contributed by atoms with van der Waals surface area (Å²) in [6.07, 6.45) is -1.72. The molecule has 3 rings (SSSR count). The van der Waals surface area contributed by atoms with E-state index in [2.05, 4.69) is 21.7 Å². The fourth-order valence-corrected chi connectivity index (χ4v) is 3.30. The third kappa shape index (κ3) is 3.47. The van der Waals surface area contributed by atoms with Crippen molar-refractivity contribution in [2.24, 2.45) is 5.92 Å². The fraction of sp³-hybridized carbons (Fsp3) is 0.500. The number of hydrogen-bond donors (Lipinski definition) is 1. The molecule has 0 aliphatic carbocycles. The number of nitrogens with zero attached hydrogens (tertiary/aromatic N) is 2. The lowest BCUT2D eigenvalue weighted by molar-refractivity contribution is -0.141. The van der Waals surface area contributed by atoms with Gasteiger partial charge in [-0.3, -0.25) is 0 Å². The maximum atomic E-state index is 12.6. The number of aryl methyl sites for hydroxylation is 1. The first-order chi connectivity index (χ1) is 10.0.